The third-order valence-electron chi connectivity index (χ3n) is 2.28. The van der Waals surface area contributed by atoms with Gasteiger partial charge in [0.2, 0.25) is 0 Å². The molecule has 4 nitrogen and oxygen atoms in total. The van der Waals surface area contributed by atoms with E-state index in [1.54, 1.807) is 30.3 Å². The Kier molecular flexibility index (Phi) is 4.19. The molecule has 0 heterocycles. The van der Waals surface area contributed by atoms with Crippen LogP contribution >= 0.6 is 0 Å². The van der Waals surface area contributed by atoms with Gasteiger partial charge in [-0.05, 0) is 24.3 Å². The Labute approximate surface area is 118 Å². The average molecular weight is 318 g/mol. The third kappa shape index (κ3) is 4.47. The number of benzene rings is 2. The van der Waals surface area contributed by atoms with Gasteiger partial charge in [-0.3, -0.25) is 0 Å². The molecule has 21 heavy (non-hydrogen) atoms. The number of hydrogen-bond donors (Lipinski definition) is 0. The summed E-state index contributed by atoms with van der Waals surface area (Å²) in [6.07, 6.45) is -5.28. The lowest BCUT2D eigenvalue weighted by molar-refractivity contribution is -0.271. The molecule has 0 spiro atoms. The molecular weight excluding hydrogens is 309 g/mol. The minimum atomic E-state index is -5.28. The van der Waals surface area contributed by atoms with Gasteiger partial charge in [0, 0.05) is 6.07 Å². The van der Waals surface area contributed by atoms with Gasteiger partial charge in [-0.25, -0.2) is 0 Å². The molecule has 0 saturated carbocycles. The van der Waals surface area contributed by atoms with Gasteiger partial charge in [0.15, 0.2) is 0 Å². The second kappa shape index (κ2) is 5.74. The van der Waals surface area contributed by atoms with E-state index in [2.05, 4.69) is 4.18 Å². The van der Waals surface area contributed by atoms with Crippen LogP contribution in [0.4, 0.5) is 13.2 Å². The maximum absolute atomic E-state index is 12.1. The van der Waals surface area contributed by atoms with E-state index in [0.717, 1.165) is 12.1 Å². The number of rotatable bonds is 4. The lowest BCUT2D eigenvalue weighted by Gasteiger charge is -2.10. The van der Waals surface area contributed by atoms with Crippen LogP contribution < -0.4 is 4.74 Å². The van der Waals surface area contributed by atoms with Gasteiger partial charge in [0.1, 0.15) is 11.5 Å². The smallest absolute Gasteiger partial charge is 0.457 e. The van der Waals surface area contributed by atoms with E-state index in [1.165, 1.54) is 12.1 Å². The molecule has 0 bridgehead atoms. The van der Waals surface area contributed by atoms with Crippen LogP contribution in [-0.4, -0.2) is 14.8 Å². The molecule has 2 rings (SSSR count). The molecule has 0 radical (unpaired) electrons. The largest absolute Gasteiger partial charge is 0.537 e. The third-order valence-corrected chi connectivity index (χ3v) is 3.52. The zero-order chi connectivity index (χ0) is 15.5. The summed E-state index contributed by atoms with van der Waals surface area (Å²) in [6, 6.07) is 13.0. The lowest BCUT2D eigenvalue weighted by atomic mass is 10.3. The number of hydrogen-bond acceptors (Lipinski definition) is 4. The molecule has 112 valence electrons. The second-order valence-corrected chi connectivity index (χ2v) is 5.42. The van der Waals surface area contributed by atoms with Crippen LogP contribution in [0.5, 0.6) is 11.5 Å². The van der Waals surface area contributed by atoms with Crippen LogP contribution in [0.2, 0.25) is 0 Å². The second-order valence-electron chi connectivity index (χ2n) is 3.87. The Morgan fingerprint density at radius 1 is 0.857 bits per heavy atom. The van der Waals surface area contributed by atoms with E-state index in [0.29, 0.717) is 5.75 Å². The van der Waals surface area contributed by atoms with Gasteiger partial charge < -0.3 is 4.74 Å². The van der Waals surface area contributed by atoms with Gasteiger partial charge in [-0.2, -0.15) is 12.6 Å². The number of ether oxygens (including phenoxy) is 1. The van der Waals surface area contributed by atoms with Crippen LogP contribution in [0.1, 0.15) is 0 Å². The zero-order valence-electron chi connectivity index (χ0n) is 10.4. The highest BCUT2D eigenvalue weighted by Crippen LogP contribution is 2.28. The molecule has 0 amide bonds. The molecule has 0 aliphatic carbocycles. The Morgan fingerprint density at radius 2 is 1.48 bits per heavy atom. The molecule has 2 aromatic carbocycles. The summed E-state index contributed by atoms with van der Waals surface area (Å²) in [5.41, 5.74) is 0. The number of halogens is 3. The van der Waals surface area contributed by atoms with Crippen molar-refractivity contribution < 1.29 is 30.5 Å². The first-order chi connectivity index (χ1) is 9.76. The molecule has 0 N–H and O–H groups in total. The fourth-order valence-electron chi connectivity index (χ4n) is 1.49. The molecular formula is C13H9F3O4S. The highest BCUT2D eigenvalue weighted by molar-refractivity contribution is 7.86. The fraction of sp³-hybridized carbons (Fsp3) is 0.0769. The topological polar surface area (TPSA) is 52.6 Å². The van der Waals surface area contributed by atoms with E-state index < -0.39 is 21.4 Å². The minimum Gasteiger partial charge on any atom is -0.457 e. The highest BCUT2D eigenvalue weighted by Gasteiger charge is 2.37. The van der Waals surface area contributed by atoms with Crippen molar-refractivity contribution in [2.45, 2.75) is 11.3 Å². The average Bonchev–Trinajstić information content (AvgIpc) is 2.37. The summed E-state index contributed by atoms with van der Waals surface area (Å²) in [5.74, 6) is 0.497. The Morgan fingerprint density at radius 3 is 2.10 bits per heavy atom. The van der Waals surface area contributed by atoms with Crippen LogP contribution in [0.3, 0.4) is 0 Å². The zero-order valence-corrected chi connectivity index (χ0v) is 11.2. The van der Waals surface area contributed by atoms with Gasteiger partial charge in [0.05, 0.1) is 4.90 Å². The van der Waals surface area contributed by atoms with Gasteiger partial charge in [0.25, 0.3) is 0 Å². The fourth-order valence-corrected chi connectivity index (χ4v) is 2.34. The monoisotopic (exact) mass is 318 g/mol. The molecule has 8 heteroatoms. The van der Waals surface area contributed by atoms with Gasteiger partial charge >= 0.3 is 16.5 Å². The van der Waals surface area contributed by atoms with E-state index in [1.807, 2.05) is 0 Å². The lowest BCUT2D eigenvalue weighted by Crippen LogP contribution is -2.19. The molecule has 0 aromatic heterocycles. The normalized spacial score (nSPS) is 12.1. The molecule has 0 aliphatic heterocycles. The molecule has 0 aliphatic rings. The maximum atomic E-state index is 12.1. The van der Waals surface area contributed by atoms with Crippen molar-refractivity contribution in [3.05, 3.63) is 54.6 Å². The summed E-state index contributed by atoms with van der Waals surface area (Å²) in [7, 11) is -4.94. The van der Waals surface area contributed by atoms with Crippen LogP contribution in [-0.2, 0) is 14.3 Å². The van der Waals surface area contributed by atoms with Crippen LogP contribution in [0, 0.1) is 0 Å². The Bertz CT molecular complexity index is 712. The van der Waals surface area contributed by atoms with E-state index >= 15 is 0 Å². The van der Waals surface area contributed by atoms with Crippen LogP contribution in [0.15, 0.2) is 59.5 Å². The predicted octanol–water partition coefficient (Wildman–Crippen LogP) is 3.70. The number of alkyl halides is 3. The van der Waals surface area contributed by atoms with E-state index in [-0.39, 0.29) is 5.75 Å². The van der Waals surface area contributed by atoms with Gasteiger partial charge in [-0.1, -0.05) is 24.3 Å². The van der Waals surface area contributed by atoms with Crippen molar-refractivity contribution in [1.29, 1.82) is 0 Å². The predicted molar refractivity (Wildman–Crippen MR) is 67.3 cm³/mol. The summed E-state index contributed by atoms with van der Waals surface area (Å²) >= 11 is 0. The molecule has 0 saturated heterocycles. The molecule has 0 atom stereocenters. The molecule has 0 fully saturated rings. The van der Waals surface area contributed by atoms with Crippen molar-refractivity contribution in [2.24, 2.45) is 0 Å². The summed E-state index contributed by atoms with van der Waals surface area (Å²) in [6.45, 7) is 0. The van der Waals surface area contributed by atoms with E-state index in [4.69, 9.17) is 4.74 Å². The Hall–Kier alpha value is -2.06. The molecule has 2 aromatic rings. The highest BCUT2D eigenvalue weighted by atomic mass is 32.2. The maximum Gasteiger partial charge on any atom is 0.537 e. The van der Waals surface area contributed by atoms with Gasteiger partial charge in [-0.15, -0.1) is 13.2 Å². The van der Waals surface area contributed by atoms with Crippen molar-refractivity contribution >= 4 is 10.1 Å². The summed E-state index contributed by atoms with van der Waals surface area (Å²) in [5, 5.41) is 0. The first-order valence-corrected chi connectivity index (χ1v) is 7.02. The summed E-state index contributed by atoms with van der Waals surface area (Å²) in [4.78, 5) is -0.645. The van der Waals surface area contributed by atoms with Crippen molar-refractivity contribution in [1.82, 2.24) is 0 Å². The minimum absolute atomic E-state index is 0.0769. The SMILES string of the molecule is O=S(=O)(OC(F)(F)F)c1cccc(Oc2ccccc2)c1. The quantitative estimate of drug-likeness (QED) is 0.807. The first-order valence-electron chi connectivity index (χ1n) is 5.62. The first kappa shape index (κ1) is 15.3. The number of para-hydroxylation sites is 1. The van der Waals surface area contributed by atoms with E-state index in [9.17, 15) is 21.6 Å². The standard InChI is InChI=1S/C13H9F3O4S/c14-13(15,16)20-21(17,18)12-8-4-7-11(9-12)19-10-5-2-1-3-6-10/h1-9H. The Balaban J connectivity index is 2.26. The van der Waals surface area contributed by atoms with Crippen molar-refractivity contribution in [2.75, 3.05) is 0 Å². The van der Waals surface area contributed by atoms with Crippen molar-refractivity contribution in [3.63, 3.8) is 0 Å². The molecule has 0 unspecified atom stereocenters. The van der Waals surface area contributed by atoms with Crippen molar-refractivity contribution in [3.8, 4) is 11.5 Å². The van der Waals surface area contributed by atoms with Crippen LogP contribution in [0.25, 0.3) is 0 Å². The summed E-state index contributed by atoms with van der Waals surface area (Å²) < 4.78 is 67.5.